The lowest BCUT2D eigenvalue weighted by atomic mass is 10.1. The van der Waals surface area contributed by atoms with E-state index in [0.29, 0.717) is 12.6 Å². The van der Waals surface area contributed by atoms with E-state index in [1.807, 2.05) is 32.7 Å². The van der Waals surface area contributed by atoms with Crippen molar-refractivity contribution in [2.45, 2.75) is 32.4 Å². The molecule has 1 amide bonds. The molecule has 1 heterocycles. The first-order chi connectivity index (χ1) is 8.04. The average Bonchev–Trinajstić information content (AvgIpc) is 2.80. The summed E-state index contributed by atoms with van der Waals surface area (Å²) in [5.41, 5.74) is 0. The largest absolute Gasteiger partial charge is 0.396 e. The molecule has 0 aromatic heterocycles. The van der Waals surface area contributed by atoms with Crippen LogP contribution in [0.4, 0.5) is 0 Å². The lowest BCUT2D eigenvalue weighted by Gasteiger charge is -2.25. The lowest BCUT2D eigenvalue weighted by molar-refractivity contribution is -0.123. The molecule has 1 aliphatic heterocycles. The molecule has 2 N–H and O–H groups in total. The number of thioether (sulfide) groups is 1. The Labute approximate surface area is 108 Å². The van der Waals surface area contributed by atoms with Gasteiger partial charge in [0.05, 0.1) is 6.54 Å². The molecule has 0 spiro atoms. The van der Waals surface area contributed by atoms with Gasteiger partial charge in [-0.3, -0.25) is 9.69 Å². The van der Waals surface area contributed by atoms with Gasteiger partial charge in [0.2, 0.25) is 5.91 Å². The first-order valence-corrected chi connectivity index (χ1v) is 7.38. The molecule has 1 aliphatic rings. The zero-order valence-electron chi connectivity index (χ0n) is 11.0. The summed E-state index contributed by atoms with van der Waals surface area (Å²) in [5, 5.41) is 11.9. The second kappa shape index (κ2) is 7.24. The summed E-state index contributed by atoms with van der Waals surface area (Å²) in [6.45, 7) is 4.43. The second-order valence-electron chi connectivity index (χ2n) is 4.95. The minimum atomic E-state index is 0.0267. The van der Waals surface area contributed by atoms with Crippen LogP contribution in [0, 0.1) is 5.92 Å². The number of nitrogens with zero attached hydrogens (tertiary/aromatic N) is 1. The maximum atomic E-state index is 11.8. The van der Waals surface area contributed by atoms with Gasteiger partial charge >= 0.3 is 0 Å². The summed E-state index contributed by atoms with van der Waals surface area (Å²) in [4.78, 5) is 13.9. The molecule has 0 saturated carbocycles. The lowest BCUT2D eigenvalue weighted by Crippen LogP contribution is -2.45. The number of carbonyl (C=O) groups is 1. The van der Waals surface area contributed by atoms with Gasteiger partial charge in [-0.1, -0.05) is 6.92 Å². The zero-order valence-corrected chi connectivity index (χ0v) is 11.8. The molecule has 0 aromatic carbocycles. The van der Waals surface area contributed by atoms with Crippen molar-refractivity contribution >= 4 is 17.7 Å². The maximum Gasteiger partial charge on any atom is 0.234 e. The van der Waals surface area contributed by atoms with Gasteiger partial charge in [-0.2, -0.15) is 11.8 Å². The van der Waals surface area contributed by atoms with Gasteiger partial charge in [0.25, 0.3) is 0 Å². The number of hydrogen-bond acceptors (Lipinski definition) is 4. The predicted molar refractivity (Wildman–Crippen MR) is 72.2 cm³/mol. The summed E-state index contributed by atoms with van der Waals surface area (Å²) in [7, 11) is 2.01. The molecule has 0 bridgehead atoms. The third-order valence-corrected chi connectivity index (χ3v) is 4.60. The number of hydrogen-bond donors (Lipinski definition) is 2. The smallest absolute Gasteiger partial charge is 0.234 e. The standard InChI is InChI=1S/C12H24N2O2S/c1-9(7-15)10(2)13-12(16)6-14(3)11-4-5-17-8-11/h9-11,15H,4-8H2,1-3H3,(H,13,16). The zero-order chi connectivity index (χ0) is 12.8. The van der Waals surface area contributed by atoms with E-state index in [2.05, 4.69) is 10.2 Å². The monoisotopic (exact) mass is 260 g/mol. The van der Waals surface area contributed by atoms with Crippen LogP contribution in [0.25, 0.3) is 0 Å². The third kappa shape index (κ3) is 4.85. The minimum Gasteiger partial charge on any atom is -0.396 e. The predicted octanol–water partition coefficient (Wildman–Crippen LogP) is 0.557. The van der Waals surface area contributed by atoms with Gasteiger partial charge < -0.3 is 10.4 Å². The highest BCUT2D eigenvalue weighted by Gasteiger charge is 2.22. The normalized spacial score (nSPS) is 23.7. The van der Waals surface area contributed by atoms with Crippen LogP contribution in [0.1, 0.15) is 20.3 Å². The summed E-state index contributed by atoms with van der Waals surface area (Å²) < 4.78 is 0. The van der Waals surface area contributed by atoms with E-state index < -0.39 is 0 Å². The fourth-order valence-electron chi connectivity index (χ4n) is 1.83. The van der Waals surface area contributed by atoms with Crippen LogP contribution in [0.2, 0.25) is 0 Å². The van der Waals surface area contributed by atoms with Crippen molar-refractivity contribution in [3.8, 4) is 0 Å². The molecular formula is C12H24N2O2S. The number of aliphatic hydroxyl groups excluding tert-OH is 1. The molecule has 1 saturated heterocycles. The van der Waals surface area contributed by atoms with E-state index in [1.54, 1.807) is 0 Å². The molecule has 0 aromatic rings. The molecule has 100 valence electrons. The van der Waals surface area contributed by atoms with Gasteiger partial charge in [-0.25, -0.2) is 0 Å². The van der Waals surface area contributed by atoms with Gasteiger partial charge in [0.1, 0.15) is 0 Å². The minimum absolute atomic E-state index is 0.0267. The summed E-state index contributed by atoms with van der Waals surface area (Å²) in [6, 6.07) is 0.565. The van der Waals surface area contributed by atoms with E-state index in [9.17, 15) is 4.79 Å². The molecule has 3 unspecified atom stereocenters. The maximum absolute atomic E-state index is 11.8. The summed E-state index contributed by atoms with van der Waals surface area (Å²) in [5.74, 6) is 2.49. The van der Waals surface area contributed by atoms with E-state index >= 15 is 0 Å². The molecule has 4 nitrogen and oxygen atoms in total. The molecule has 1 rings (SSSR count). The first kappa shape index (κ1) is 14.8. The van der Waals surface area contributed by atoms with Crippen molar-refractivity contribution < 1.29 is 9.90 Å². The van der Waals surface area contributed by atoms with Crippen LogP contribution in [-0.4, -0.2) is 59.7 Å². The molecule has 0 radical (unpaired) electrons. The fraction of sp³-hybridized carbons (Fsp3) is 0.917. The third-order valence-electron chi connectivity index (χ3n) is 3.45. The van der Waals surface area contributed by atoms with Crippen molar-refractivity contribution in [2.24, 2.45) is 5.92 Å². The van der Waals surface area contributed by atoms with Crippen molar-refractivity contribution in [1.29, 1.82) is 0 Å². The van der Waals surface area contributed by atoms with E-state index in [1.165, 1.54) is 12.2 Å². The van der Waals surface area contributed by atoms with Gasteiger partial charge in [-0.15, -0.1) is 0 Å². The van der Waals surface area contributed by atoms with Crippen molar-refractivity contribution in [3.63, 3.8) is 0 Å². The number of carbonyl (C=O) groups excluding carboxylic acids is 1. The van der Waals surface area contributed by atoms with E-state index in [4.69, 9.17) is 5.11 Å². The van der Waals surface area contributed by atoms with E-state index in [0.717, 1.165) is 5.75 Å². The van der Waals surface area contributed by atoms with Crippen molar-refractivity contribution in [2.75, 3.05) is 31.7 Å². The van der Waals surface area contributed by atoms with Crippen LogP contribution in [-0.2, 0) is 4.79 Å². The van der Waals surface area contributed by atoms with Gasteiger partial charge in [-0.05, 0) is 32.1 Å². The first-order valence-electron chi connectivity index (χ1n) is 6.22. The van der Waals surface area contributed by atoms with Gasteiger partial charge in [0, 0.05) is 24.4 Å². The Kier molecular flexibility index (Phi) is 6.30. The topological polar surface area (TPSA) is 52.6 Å². The molecular weight excluding hydrogens is 236 g/mol. The van der Waals surface area contributed by atoms with Crippen LogP contribution >= 0.6 is 11.8 Å². The van der Waals surface area contributed by atoms with Crippen LogP contribution < -0.4 is 5.32 Å². The van der Waals surface area contributed by atoms with Crippen LogP contribution in [0.3, 0.4) is 0 Å². The Morgan fingerprint density at radius 1 is 1.59 bits per heavy atom. The number of likely N-dealkylation sites (N-methyl/N-ethyl adjacent to an activating group) is 1. The molecule has 17 heavy (non-hydrogen) atoms. The van der Waals surface area contributed by atoms with E-state index in [-0.39, 0.29) is 24.5 Å². The Bertz CT molecular complexity index is 245. The molecule has 1 fully saturated rings. The summed E-state index contributed by atoms with van der Waals surface area (Å²) in [6.07, 6.45) is 1.18. The Hall–Kier alpha value is -0.260. The van der Waals surface area contributed by atoms with Crippen LogP contribution in [0.15, 0.2) is 0 Å². The highest BCUT2D eigenvalue weighted by molar-refractivity contribution is 7.99. The number of amides is 1. The Balaban J connectivity index is 2.28. The average molecular weight is 260 g/mol. The number of nitrogens with one attached hydrogen (secondary N) is 1. The molecule has 3 atom stereocenters. The van der Waals surface area contributed by atoms with Crippen molar-refractivity contribution in [3.05, 3.63) is 0 Å². The highest BCUT2D eigenvalue weighted by atomic mass is 32.2. The van der Waals surface area contributed by atoms with Crippen molar-refractivity contribution in [1.82, 2.24) is 10.2 Å². The van der Waals surface area contributed by atoms with Crippen LogP contribution in [0.5, 0.6) is 0 Å². The van der Waals surface area contributed by atoms with Gasteiger partial charge in [0.15, 0.2) is 0 Å². The highest BCUT2D eigenvalue weighted by Crippen LogP contribution is 2.20. The quantitative estimate of drug-likeness (QED) is 0.732. The summed E-state index contributed by atoms with van der Waals surface area (Å²) >= 11 is 1.95. The number of rotatable bonds is 6. The second-order valence-corrected chi connectivity index (χ2v) is 6.10. The Morgan fingerprint density at radius 2 is 2.29 bits per heavy atom. The SMILES string of the molecule is CC(CO)C(C)NC(=O)CN(C)C1CCSC1. The molecule has 0 aliphatic carbocycles. The Morgan fingerprint density at radius 3 is 2.82 bits per heavy atom. The number of aliphatic hydroxyl groups is 1. The molecule has 5 heteroatoms. The fourth-order valence-corrected chi connectivity index (χ4v) is 3.12.